The molecule has 2 aliphatic rings. The molecule has 3 heterocycles. The third-order valence-electron chi connectivity index (χ3n) is 3.87. The van der Waals surface area contributed by atoms with Crippen LogP contribution in [0.2, 0.25) is 0 Å². The van der Waals surface area contributed by atoms with E-state index in [-0.39, 0.29) is 5.91 Å². The van der Waals surface area contributed by atoms with Gasteiger partial charge in [0, 0.05) is 17.0 Å². The van der Waals surface area contributed by atoms with Gasteiger partial charge in [-0.2, -0.15) is 0 Å². The van der Waals surface area contributed by atoms with Crippen molar-refractivity contribution in [2.75, 3.05) is 17.2 Å². The van der Waals surface area contributed by atoms with E-state index in [1.54, 1.807) is 0 Å². The molecule has 1 aromatic carbocycles. The predicted octanol–water partition coefficient (Wildman–Crippen LogP) is 2.15. The van der Waals surface area contributed by atoms with E-state index in [1.165, 1.54) is 16.9 Å². The maximum absolute atomic E-state index is 11.9. The van der Waals surface area contributed by atoms with Crippen LogP contribution in [-0.2, 0) is 17.6 Å². The molecule has 2 N–H and O–H groups in total. The summed E-state index contributed by atoms with van der Waals surface area (Å²) in [7, 11) is 0. The SMILES string of the molecule is Cc1sc(N)nc1-c1cc2c3c(c1)CC(=O)N3CC2. The van der Waals surface area contributed by atoms with Crippen molar-refractivity contribution in [3.05, 3.63) is 28.1 Å². The first-order valence-corrected chi connectivity index (χ1v) is 7.14. The van der Waals surface area contributed by atoms with Crippen LogP contribution in [-0.4, -0.2) is 17.4 Å². The highest BCUT2D eigenvalue weighted by atomic mass is 32.1. The van der Waals surface area contributed by atoms with Crippen molar-refractivity contribution in [3.63, 3.8) is 0 Å². The van der Waals surface area contributed by atoms with Crippen molar-refractivity contribution >= 4 is 28.1 Å². The third-order valence-corrected chi connectivity index (χ3v) is 4.67. The second kappa shape index (κ2) is 3.57. The van der Waals surface area contributed by atoms with Crippen LogP contribution in [0.5, 0.6) is 0 Å². The zero-order valence-electron chi connectivity index (χ0n) is 10.6. The van der Waals surface area contributed by atoms with Crippen molar-refractivity contribution in [1.82, 2.24) is 4.98 Å². The lowest BCUT2D eigenvalue weighted by Crippen LogP contribution is -2.24. The molecule has 1 aromatic heterocycles. The average Bonchev–Trinajstić information content (AvgIpc) is 3.00. The number of amides is 1. The van der Waals surface area contributed by atoms with E-state index in [2.05, 4.69) is 17.1 Å². The van der Waals surface area contributed by atoms with Crippen LogP contribution >= 0.6 is 11.3 Å². The van der Waals surface area contributed by atoms with Crippen molar-refractivity contribution in [2.24, 2.45) is 0 Å². The maximum Gasteiger partial charge on any atom is 0.231 e. The van der Waals surface area contributed by atoms with Gasteiger partial charge in [-0.05, 0) is 36.6 Å². The van der Waals surface area contributed by atoms with Crippen LogP contribution in [0.15, 0.2) is 12.1 Å². The summed E-state index contributed by atoms with van der Waals surface area (Å²) in [5, 5.41) is 0.599. The standard InChI is InChI=1S/C14H13N3OS/c1-7-12(16-14(15)19-7)9-4-8-2-3-17-11(18)6-10(5-9)13(8)17/h4-5H,2-3,6H2,1H3,(H2,15,16). The Bertz CT molecular complexity index is 720. The van der Waals surface area contributed by atoms with E-state index >= 15 is 0 Å². The molecule has 2 aliphatic heterocycles. The molecule has 0 bridgehead atoms. The molecule has 4 rings (SSSR count). The van der Waals surface area contributed by atoms with Crippen LogP contribution in [0.1, 0.15) is 16.0 Å². The highest BCUT2D eigenvalue weighted by molar-refractivity contribution is 7.15. The second-order valence-electron chi connectivity index (χ2n) is 5.07. The van der Waals surface area contributed by atoms with E-state index in [0.29, 0.717) is 11.6 Å². The highest BCUT2D eigenvalue weighted by Crippen LogP contribution is 2.41. The molecule has 0 radical (unpaired) electrons. The molecule has 0 spiro atoms. The van der Waals surface area contributed by atoms with Gasteiger partial charge in [0.05, 0.1) is 17.8 Å². The van der Waals surface area contributed by atoms with E-state index in [9.17, 15) is 4.79 Å². The van der Waals surface area contributed by atoms with Gasteiger partial charge in [-0.25, -0.2) is 4.98 Å². The van der Waals surface area contributed by atoms with E-state index in [0.717, 1.165) is 40.4 Å². The Morgan fingerprint density at radius 1 is 1.37 bits per heavy atom. The summed E-state index contributed by atoms with van der Waals surface area (Å²) < 4.78 is 0. The van der Waals surface area contributed by atoms with E-state index in [4.69, 9.17) is 5.73 Å². The minimum Gasteiger partial charge on any atom is -0.375 e. The van der Waals surface area contributed by atoms with Gasteiger partial charge in [-0.3, -0.25) is 4.79 Å². The lowest BCUT2D eigenvalue weighted by atomic mass is 10.00. The summed E-state index contributed by atoms with van der Waals surface area (Å²) in [5.74, 6) is 0.223. The number of aromatic nitrogens is 1. The minimum atomic E-state index is 0.223. The van der Waals surface area contributed by atoms with Crippen molar-refractivity contribution in [3.8, 4) is 11.3 Å². The topological polar surface area (TPSA) is 59.2 Å². The molecule has 0 fully saturated rings. The smallest absolute Gasteiger partial charge is 0.231 e. The predicted molar refractivity (Wildman–Crippen MR) is 76.5 cm³/mol. The quantitative estimate of drug-likeness (QED) is 0.864. The van der Waals surface area contributed by atoms with Crippen molar-refractivity contribution < 1.29 is 4.79 Å². The number of nitrogens with two attached hydrogens (primary N) is 1. The number of rotatable bonds is 1. The largest absolute Gasteiger partial charge is 0.375 e. The fourth-order valence-corrected chi connectivity index (χ4v) is 3.82. The molecule has 0 saturated carbocycles. The average molecular weight is 271 g/mol. The number of nitrogen functional groups attached to an aromatic ring is 1. The lowest BCUT2D eigenvalue weighted by molar-refractivity contribution is -0.117. The number of hydrogen-bond donors (Lipinski definition) is 1. The fraction of sp³-hybridized carbons (Fsp3) is 0.286. The van der Waals surface area contributed by atoms with Crippen molar-refractivity contribution in [2.45, 2.75) is 19.8 Å². The minimum absolute atomic E-state index is 0.223. The normalized spacial score (nSPS) is 16.3. The summed E-state index contributed by atoms with van der Waals surface area (Å²) in [4.78, 5) is 19.4. The lowest BCUT2D eigenvalue weighted by Gasteiger charge is -2.09. The first-order chi connectivity index (χ1) is 9.13. The van der Waals surface area contributed by atoms with Crippen LogP contribution in [0.3, 0.4) is 0 Å². The monoisotopic (exact) mass is 271 g/mol. The number of aryl methyl sites for hydroxylation is 1. The summed E-state index contributed by atoms with van der Waals surface area (Å²) >= 11 is 1.51. The van der Waals surface area contributed by atoms with Gasteiger partial charge in [0.1, 0.15) is 0 Å². The number of anilines is 2. The Labute approximate surface area is 114 Å². The Kier molecular flexibility index (Phi) is 2.07. The van der Waals surface area contributed by atoms with E-state index < -0.39 is 0 Å². The zero-order valence-corrected chi connectivity index (χ0v) is 11.4. The summed E-state index contributed by atoms with van der Waals surface area (Å²) in [6.07, 6.45) is 1.47. The number of benzene rings is 1. The fourth-order valence-electron chi connectivity index (χ4n) is 3.11. The number of carbonyl (C=O) groups is 1. The van der Waals surface area contributed by atoms with Gasteiger partial charge in [-0.1, -0.05) is 0 Å². The number of carbonyl (C=O) groups excluding carboxylic acids is 1. The number of thiazole rings is 1. The number of hydrogen-bond acceptors (Lipinski definition) is 4. The molecule has 0 atom stereocenters. The van der Waals surface area contributed by atoms with Crippen LogP contribution in [0.25, 0.3) is 11.3 Å². The molecule has 5 heteroatoms. The number of nitrogens with zero attached hydrogens (tertiary/aromatic N) is 2. The van der Waals surface area contributed by atoms with E-state index in [1.807, 2.05) is 11.8 Å². The highest BCUT2D eigenvalue weighted by Gasteiger charge is 2.34. The molecule has 19 heavy (non-hydrogen) atoms. The maximum atomic E-state index is 11.9. The summed E-state index contributed by atoms with van der Waals surface area (Å²) in [6.45, 7) is 2.86. The molecule has 0 unspecified atom stereocenters. The summed E-state index contributed by atoms with van der Waals surface area (Å²) in [5.41, 5.74) is 11.4. The molecule has 96 valence electrons. The van der Waals surface area contributed by atoms with Gasteiger partial charge in [0.2, 0.25) is 5.91 Å². The summed E-state index contributed by atoms with van der Waals surface area (Å²) in [6, 6.07) is 4.27. The molecular formula is C14H13N3OS. The second-order valence-corrected chi connectivity index (χ2v) is 6.31. The Morgan fingerprint density at radius 3 is 2.89 bits per heavy atom. The van der Waals surface area contributed by atoms with Gasteiger partial charge < -0.3 is 10.6 Å². The molecular weight excluding hydrogens is 258 g/mol. The first kappa shape index (κ1) is 11.0. The van der Waals surface area contributed by atoms with Gasteiger partial charge in [-0.15, -0.1) is 11.3 Å². The Balaban J connectivity index is 1.92. The van der Waals surface area contributed by atoms with Gasteiger partial charge >= 0.3 is 0 Å². The van der Waals surface area contributed by atoms with Crippen LogP contribution in [0, 0.1) is 6.92 Å². The first-order valence-electron chi connectivity index (χ1n) is 6.33. The van der Waals surface area contributed by atoms with Gasteiger partial charge in [0.25, 0.3) is 0 Å². The van der Waals surface area contributed by atoms with Crippen LogP contribution < -0.4 is 10.6 Å². The third kappa shape index (κ3) is 1.45. The molecule has 0 saturated heterocycles. The Hall–Kier alpha value is -1.88. The Morgan fingerprint density at radius 2 is 2.16 bits per heavy atom. The molecule has 1 amide bonds. The molecule has 0 aliphatic carbocycles. The van der Waals surface area contributed by atoms with Crippen LogP contribution in [0.4, 0.5) is 10.8 Å². The molecule has 4 nitrogen and oxygen atoms in total. The van der Waals surface area contributed by atoms with Gasteiger partial charge in [0.15, 0.2) is 5.13 Å². The molecule has 2 aromatic rings. The zero-order chi connectivity index (χ0) is 13.1. The van der Waals surface area contributed by atoms with Crippen molar-refractivity contribution in [1.29, 1.82) is 0 Å².